The molecule has 0 fully saturated rings. The molecule has 22 heavy (non-hydrogen) atoms. The molecular formula is C16H13N3O3. The number of aromatic amines is 2. The molecule has 0 saturated heterocycles. The molecule has 2 heterocycles. The Morgan fingerprint density at radius 2 is 2.05 bits per heavy atom. The Kier molecular flexibility index (Phi) is 3.34. The van der Waals surface area contributed by atoms with Gasteiger partial charge in [0.1, 0.15) is 0 Å². The fourth-order valence-electron chi connectivity index (χ4n) is 2.35. The van der Waals surface area contributed by atoms with Crippen LogP contribution < -0.4 is 5.56 Å². The summed E-state index contributed by atoms with van der Waals surface area (Å²) in [6.07, 6.45) is 3.10. The molecule has 0 spiro atoms. The molecule has 0 aliphatic rings. The summed E-state index contributed by atoms with van der Waals surface area (Å²) < 4.78 is 0. The third kappa shape index (κ3) is 2.31. The van der Waals surface area contributed by atoms with E-state index >= 15 is 0 Å². The molecule has 1 aromatic carbocycles. The average Bonchev–Trinajstić information content (AvgIpc) is 2.99. The normalized spacial score (nSPS) is 10.6. The molecule has 0 aliphatic carbocycles. The first-order chi connectivity index (χ1) is 10.6. The van der Waals surface area contributed by atoms with Crippen LogP contribution in [-0.2, 0) is 0 Å². The summed E-state index contributed by atoms with van der Waals surface area (Å²) in [5, 5.41) is 9.10. The first-order valence-corrected chi connectivity index (χ1v) is 6.63. The lowest BCUT2D eigenvalue weighted by atomic mass is 10.0. The average molecular weight is 295 g/mol. The number of nitrogens with one attached hydrogen (secondary N) is 2. The first-order valence-electron chi connectivity index (χ1n) is 6.63. The molecule has 6 heteroatoms. The number of carboxylic acid groups (broad SMARTS) is 1. The zero-order chi connectivity index (χ0) is 15.7. The number of rotatable bonds is 3. The highest BCUT2D eigenvalue weighted by molar-refractivity contribution is 5.90. The van der Waals surface area contributed by atoms with Crippen molar-refractivity contribution in [1.82, 2.24) is 15.0 Å². The third-order valence-corrected chi connectivity index (χ3v) is 3.50. The number of imidazole rings is 1. The predicted octanol–water partition coefficient (Wildman–Crippen LogP) is 2.44. The molecule has 3 rings (SSSR count). The number of hydrogen-bond acceptors (Lipinski definition) is 3. The minimum atomic E-state index is -0.994. The molecule has 3 N–H and O–H groups in total. The number of benzene rings is 1. The highest BCUT2D eigenvalue weighted by Gasteiger charge is 2.15. The maximum absolute atomic E-state index is 11.8. The van der Waals surface area contributed by atoms with Crippen LogP contribution in [0.4, 0.5) is 0 Å². The van der Waals surface area contributed by atoms with Crippen molar-refractivity contribution < 1.29 is 9.90 Å². The minimum absolute atomic E-state index is 0.169. The Balaban J connectivity index is 2.18. The van der Waals surface area contributed by atoms with Gasteiger partial charge in [-0.1, -0.05) is 12.1 Å². The number of carboxylic acids is 1. The smallest absolute Gasteiger partial charge is 0.335 e. The van der Waals surface area contributed by atoms with E-state index in [1.807, 2.05) is 0 Å². The molecule has 0 atom stereocenters. The van der Waals surface area contributed by atoms with E-state index in [1.165, 1.54) is 12.4 Å². The maximum Gasteiger partial charge on any atom is 0.335 e. The first kappa shape index (κ1) is 13.8. The number of aromatic carboxylic acids is 1. The van der Waals surface area contributed by atoms with E-state index in [0.29, 0.717) is 22.5 Å². The topological polar surface area (TPSA) is 98.8 Å². The van der Waals surface area contributed by atoms with Gasteiger partial charge < -0.3 is 15.1 Å². The van der Waals surface area contributed by atoms with Gasteiger partial charge in [-0.15, -0.1) is 0 Å². The van der Waals surface area contributed by atoms with Gasteiger partial charge in [-0.05, 0) is 25.1 Å². The minimum Gasteiger partial charge on any atom is -0.478 e. The number of nitrogens with zero attached hydrogens (tertiary/aromatic N) is 1. The van der Waals surface area contributed by atoms with Crippen LogP contribution in [-0.4, -0.2) is 26.0 Å². The van der Waals surface area contributed by atoms with E-state index in [4.69, 9.17) is 5.11 Å². The van der Waals surface area contributed by atoms with Gasteiger partial charge in [0.25, 0.3) is 5.56 Å². The second kappa shape index (κ2) is 5.33. The van der Waals surface area contributed by atoms with Crippen molar-refractivity contribution in [3.63, 3.8) is 0 Å². The van der Waals surface area contributed by atoms with E-state index in [9.17, 15) is 9.59 Å². The molecular weight excluding hydrogens is 282 g/mol. The van der Waals surface area contributed by atoms with Gasteiger partial charge in [0.2, 0.25) is 0 Å². The van der Waals surface area contributed by atoms with Gasteiger partial charge in [-0.25, -0.2) is 9.78 Å². The second-order valence-electron chi connectivity index (χ2n) is 4.86. The fourth-order valence-corrected chi connectivity index (χ4v) is 2.35. The van der Waals surface area contributed by atoms with E-state index in [-0.39, 0.29) is 11.1 Å². The summed E-state index contributed by atoms with van der Waals surface area (Å²) >= 11 is 0. The van der Waals surface area contributed by atoms with Crippen molar-refractivity contribution in [2.45, 2.75) is 6.92 Å². The molecule has 0 amide bonds. The molecule has 0 bridgehead atoms. The van der Waals surface area contributed by atoms with Crippen molar-refractivity contribution in [2.75, 3.05) is 0 Å². The number of aromatic nitrogens is 3. The molecule has 0 aliphatic heterocycles. The molecule has 0 saturated carbocycles. The Morgan fingerprint density at radius 3 is 2.82 bits per heavy atom. The summed E-state index contributed by atoms with van der Waals surface area (Å²) in [6.45, 7) is 1.73. The van der Waals surface area contributed by atoms with Gasteiger partial charge in [0.15, 0.2) is 0 Å². The Bertz CT molecular complexity index is 909. The van der Waals surface area contributed by atoms with Crippen LogP contribution in [0.2, 0.25) is 0 Å². The Labute approximate surface area is 125 Å². The summed E-state index contributed by atoms with van der Waals surface area (Å²) in [6, 6.07) is 8.33. The Hall–Kier alpha value is -3.15. The molecule has 6 nitrogen and oxygen atoms in total. The van der Waals surface area contributed by atoms with Crippen molar-refractivity contribution >= 4 is 5.97 Å². The lowest BCUT2D eigenvalue weighted by Crippen LogP contribution is -2.09. The molecule has 110 valence electrons. The number of hydrogen-bond donors (Lipinski definition) is 3. The summed E-state index contributed by atoms with van der Waals surface area (Å²) in [5.74, 6) is -0.994. The zero-order valence-corrected chi connectivity index (χ0v) is 11.8. The SMILES string of the molecule is Cc1c(-c2[nH]cnc2-c2cccc(C(=O)O)c2)cc[nH]c1=O. The highest BCUT2D eigenvalue weighted by atomic mass is 16.4. The predicted molar refractivity (Wildman–Crippen MR) is 81.8 cm³/mol. The summed E-state index contributed by atoms with van der Waals surface area (Å²) in [5.41, 5.74) is 3.30. The van der Waals surface area contributed by atoms with Gasteiger partial charge in [-0.3, -0.25) is 4.79 Å². The van der Waals surface area contributed by atoms with Gasteiger partial charge in [0.05, 0.1) is 23.3 Å². The fraction of sp³-hybridized carbons (Fsp3) is 0.0625. The largest absolute Gasteiger partial charge is 0.478 e. The van der Waals surface area contributed by atoms with Crippen LogP contribution in [0.25, 0.3) is 22.5 Å². The summed E-state index contributed by atoms with van der Waals surface area (Å²) in [7, 11) is 0. The Morgan fingerprint density at radius 1 is 1.23 bits per heavy atom. The van der Waals surface area contributed by atoms with Crippen LogP contribution in [0.1, 0.15) is 15.9 Å². The second-order valence-corrected chi connectivity index (χ2v) is 4.86. The number of pyridine rings is 1. The van der Waals surface area contributed by atoms with Crippen LogP contribution in [0.3, 0.4) is 0 Å². The van der Waals surface area contributed by atoms with Crippen LogP contribution in [0, 0.1) is 6.92 Å². The van der Waals surface area contributed by atoms with Gasteiger partial charge in [-0.2, -0.15) is 0 Å². The van der Waals surface area contributed by atoms with Crippen LogP contribution in [0.15, 0.2) is 47.7 Å². The molecule has 3 aromatic rings. The monoisotopic (exact) mass is 295 g/mol. The van der Waals surface area contributed by atoms with E-state index < -0.39 is 5.97 Å². The van der Waals surface area contributed by atoms with Gasteiger partial charge >= 0.3 is 5.97 Å². The number of carbonyl (C=O) groups is 1. The molecule has 0 radical (unpaired) electrons. The van der Waals surface area contributed by atoms with Crippen molar-refractivity contribution in [2.24, 2.45) is 0 Å². The van der Waals surface area contributed by atoms with Crippen LogP contribution >= 0.6 is 0 Å². The van der Waals surface area contributed by atoms with Crippen LogP contribution in [0.5, 0.6) is 0 Å². The van der Waals surface area contributed by atoms with Crippen molar-refractivity contribution in [3.05, 3.63) is 64.3 Å². The van der Waals surface area contributed by atoms with E-state index in [2.05, 4.69) is 15.0 Å². The quantitative estimate of drug-likeness (QED) is 0.691. The highest BCUT2D eigenvalue weighted by Crippen LogP contribution is 2.30. The summed E-state index contributed by atoms with van der Waals surface area (Å²) in [4.78, 5) is 32.8. The standard InChI is InChI=1S/C16H13N3O3/c1-9-12(5-6-17-15(9)20)14-13(18-8-19-14)10-3-2-4-11(7-10)16(21)22/h2-8H,1H3,(H,17,20)(H,18,19)(H,21,22). The van der Waals surface area contributed by atoms with E-state index in [1.54, 1.807) is 37.4 Å². The maximum atomic E-state index is 11.8. The molecule has 0 unspecified atom stereocenters. The number of H-pyrrole nitrogens is 2. The van der Waals surface area contributed by atoms with Gasteiger partial charge in [0, 0.05) is 22.9 Å². The van der Waals surface area contributed by atoms with Crippen molar-refractivity contribution in [3.8, 4) is 22.5 Å². The zero-order valence-electron chi connectivity index (χ0n) is 11.8. The van der Waals surface area contributed by atoms with Crippen molar-refractivity contribution in [1.29, 1.82) is 0 Å². The molecule has 2 aromatic heterocycles. The lowest BCUT2D eigenvalue weighted by molar-refractivity contribution is 0.0697. The lowest BCUT2D eigenvalue weighted by Gasteiger charge is -2.06. The third-order valence-electron chi connectivity index (χ3n) is 3.50. The van der Waals surface area contributed by atoms with E-state index in [0.717, 1.165) is 5.56 Å².